The van der Waals surface area contributed by atoms with Gasteiger partial charge in [-0.3, -0.25) is 0 Å². The van der Waals surface area contributed by atoms with Crippen LogP contribution in [0.3, 0.4) is 0 Å². The molecule has 0 atom stereocenters. The van der Waals surface area contributed by atoms with E-state index in [0.717, 1.165) is 42.6 Å². The molecule has 2 aromatic heterocycles. The predicted octanol–water partition coefficient (Wildman–Crippen LogP) is 2.88. The van der Waals surface area contributed by atoms with E-state index in [9.17, 15) is 0 Å². The number of aromatic nitrogens is 2. The fraction of sp³-hybridized carbons (Fsp3) is 0.176. The Balaban J connectivity index is 1.65. The molecule has 3 aromatic rings. The molecule has 0 bridgehead atoms. The fourth-order valence-electron chi connectivity index (χ4n) is 2.81. The summed E-state index contributed by atoms with van der Waals surface area (Å²) in [5, 5.41) is 0. The van der Waals surface area contributed by atoms with E-state index in [1.807, 2.05) is 30.3 Å². The molecule has 0 unspecified atom stereocenters. The molecule has 0 saturated carbocycles. The Morgan fingerprint density at radius 1 is 1.14 bits per heavy atom. The van der Waals surface area contributed by atoms with Gasteiger partial charge in [-0.15, -0.1) is 0 Å². The Kier molecular flexibility index (Phi) is 3.04. The molecule has 110 valence electrons. The highest BCUT2D eigenvalue weighted by Crippen LogP contribution is 2.25. The Morgan fingerprint density at radius 3 is 2.95 bits per heavy atom. The molecule has 22 heavy (non-hydrogen) atoms. The maximum absolute atomic E-state index is 5.89. The Hall–Kier alpha value is -2.82. The second-order valence-electron chi connectivity index (χ2n) is 5.42. The molecule has 0 aliphatic carbocycles. The second-order valence-corrected chi connectivity index (χ2v) is 5.42. The van der Waals surface area contributed by atoms with Crippen molar-refractivity contribution in [1.82, 2.24) is 9.97 Å². The average molecular weight is 292 g/mol. The van der Waals surface area contributed by atoms with Gasteiger partial charge in [0.25, 0.3) is 0 Å². The van der Waals surface area contributed by atoms with Gasteiger partial charge < -0.3 is 15.1 Å². The largest absolute Gasteiger partial charge is 0.463 e. The van der Waals surface area contributed by atoms with Crippen LogP contribution in [-0.2, 0) is 13.0 Å². The first-order valence-electron chi connectivity index (χ1n) is 7.29. The Morgan fingerprint density at radius 2 is 2.09 bits per heavy atom. The zero-order valence-corrected chi connectivity index (χ0v) is 12.1. The monoisotopic (exact) mass is 292 g/mol. The zero-order valence-electron chi connectivity index (χ0n) is 12.1. The predicted molar refractivity (Wildman–Crippen MR) is 85.3 cm³/mol. The van der Waals surface area contributed by atoms with Crippen LogP contribution < -0.4 is 10.6 Å². The molecule has 0 spiro atoms. The van der Waals surface area contributed by atoms with Gasteiger partial charge in [-0.05, 0) is 47.9 Å². The lowest BCUT2D eigenvalue weighted by Gasteiger charge is -2.29. The van der Waals surface area contributed by atoms with Crippen molar-refractivity contribution in [3.8, 4) is 11.5 Å². The SMILES string of the molecule is Nc1ccc2c(c1)CN(c1nccc(-c3ccco3)n1)CC2. The van der Waals surface area contributed by atoms with Crippen LogP contribution in [0.5, 0.6) is 0 Å². The number of anilines is 2. The number of nitrogens with two attached hydrogens (primary N) is 1. The summed E-state index contributed by atoms with van der Waals surface area (Å²) >= 11 is 0. The molecular weight excluding hydrogens is 276 g/mol. The molecule has 0 saturated heterocycles. The molecule has 3 heterocycles. The second kappa shape index (κ2) is 5.18. The van der Waals surface area contributed by atoms with Crippen molar-refractivity contribution in [3.05, 3.63) is 60.0 Å². The van der Waals surface area contributed by atoms with E-state index in [4.69, 9.17) is 10.2 Å². The van der Waals surface area contributed by atoms with Crippen LogP contribution in [0.4, 0.5) is 11.6 Å². The number of benzene rings is 1. The van der Waals surface area contributed by atoms with E-state index in [0.29, 0.717) is 0 Å². The maximum Gasteiger partial charge on any atom is 0.226 e. The Bertz CT molecular complexity index is 798. The first kappa shape index (κ1) is 12.9. The lowest BCUT2D eigenvalue weighted by atomic mass is 9.99. The summed E-state index contributed by atoms with van der Waals surface area (Å²) in [5.74, 6) is 1.48. The number of nitrogen functional groups attached to an aromatic ring is 1. The van der Waals surface area contributed by atoms with E-state index in [1.54, 1.807) is 12.5 Å². The number of nitrogens with zero attached hydrogens (tertiary/aromatic N) is 3. The van der Waals surface area contributed by atoms with E-state index in [2.05, 4.69) is 20.9 Å². The van der Waals surface area contributed by atoms with Gasteiger partial charge in [0, 0.05) is 25.0 Å². The normalized spacial score (nSPS) is 13.9. The number of hydrogen-bond donors (Lipinski definition) is 1. The number of hydrogen-bond acceptors (Lipinski definition) is 5. The molecule has 1 aliphatic heterocycles. The van der Waals surface area contributed by atoms with Crippen molar-refractivity contribution < 1.29 is 4.42 Å². The van der Waals surface area contributed by atoms with E-state index >= 15 is 0 Å². The van der Waals surface area contributed by atoms with Crippen LogP contribution in [-0.4, -0.2) is 16.5 Å². The highest BCUT2D eigenvalue weighted by Gasteiger charge is 2.19. The maximum atomic E-state index is 5.89. The zero-order chi connectivity index (χ0) is 14.9. The molecule has 0 radical (unpaired) electrons. The summed E-state index contributed by atoms with van der Waals surface area (Å²) in [4.78, 5) is 11.2. The minimum absolute atomic E-state index is 0.724. The first-order chi connectivity index (χ1) is 10.8. The minimum atomic E-state index is 0.724. The molecule has 2 N–H and O–H groups in total. The summed E-state index contributed by atoms with van der Waals surface area (Å²) in [5.41, 5.74) is 10.1. The molecule has 0 amide bonds. The van der Waals surface area contributed by atoms with Crippen molar-refractivity contribution in [1.29, 1.82) is 0 Å². The summed E-state index contributed by atoms with van der Waals surface area (Å²) in [6, 6.07) is 11.7. The van der Waals surface area contributed by atoms with Crippen LogP contribution >= 0.6 is 0 Å². The van der Waals surface area contributed by atoms with E-state index in [-0.39, 0.29) is 0 Å². The third-order valence-corrected chi connectivity index (χ3v) is 3.94. The standard InChI is InChI=1S/C17H16N4O/c18-14-4-3-12-6-8-21(11-13(12)10-14)17-19-7-5-15(20-17)16-2-1-9-22-16/h1-5,7,9-10H,6,8,11,18H2. The number of rotatable bonds is 2. The highest BCUT2D eigenvalue weighted by molar-refractivity contribution is 5.54. The number of furan rings is 1. The first-order valence-corrected chi connectivity index (χ1v) is 7.29. The van der Waals surface area contributed by atoms with Gasteiger partial charge in [0.1, 0.15) is 5.69 Å². The van der Waals surface area contributed by atoms with Gasteiger partial charge in [-0.2, -0.15) is 0 Å². The van der Waals surface area contributed by atoms with Crippen molar-refractivity contribution in [2.24, 2.45) is 0 Å². The molecule has 1 aliphatic rings. The van der Waals surface area contributed by atoms with Gasteiger partial charge in [-0.25, -0.2) is 9.97 Å². The molecule has 4 rings (SSSR count). The highest BCUT2D eigenvalue weighted by atomic mass is 16.3. The molecule has 5 nitrogen and oxygen atoms in total. The van der Waals surface area contributed by atoms with Crippen LogP contribution in [0, 0.1) is 0 Å². The summed E-state index contributed by atoms with van der Waals surface area (Å²) in [6.07, 6.45) is 4.40. The molecular formula is C17H16N4O. The van der Waals surface area contributed by atoms with Gasteiger partial charge in [0.2, 0.25) is 5.95 Å². The fourth-order valence-corrected chi connectivity index (χ4v) is 2.81. The molecule has 0 fully saturated rings. The summed E-state index contributed by atoms with van der Waals surface area (Å²) < 4.78 is 5.41. The summed E-state index contributed by atoms with van der Waals surface area (Å²) in [7, 11) is 0. The van der Waals surface area contributed by atoms with Gasteiger partial charge in [0.15, 0.2) is 5.76 Å². The quantitative estimate of drug-likeness (QED) is 0.736. The van der Waals surface area contributed by atoms with Gasteiger partial charge in [-0.1, -0.05) is 6.07 Å². The van der Waals surface area contributed by atoms with Crippen LogP contribution in [0.25, 0.3) is 11.5 Å². The average Bonchev–Trinajstić information content (AvgIpc) is 3.09. The lowest BCUT2D eigenvalue weighted by Crippen LogP contribution is -2.31. The topological polar surface area (TPSA) is 68.2 Å². The van der Waals surface area contributed by atoms with Crippen LogP contribution in [0.15, 0.2) is 53.3 Å². The van der Waals surface area contributed by atoms with Gasteiger partial charge >= 0.3 is 0 Å². The lowest BCUT2D eigenvalue weighted by molar-refractivity contribution is 0.579. The number of fused-ring (bicyclic) bond motifs is 1. The minimum Gasteiger partial charge on any atom is -0.463 e. The third-order valence-electron chi connectivity index (χ3n) is 3.94. The smallest absolute Gasteiger partial charge is 0.226 e. The summed E-state index contributed by atoms with van der Waals surface area (Å²) in [6.45, 7) is 1.68. The molecule has 1 aromatic carbocycles. The van der Waals surface area contributed by atoms with Gasteiger partial charge in [0.05, 0.1) is 6.26 Å². The van der Waals surface area contributed by atoms with E-state index < -0.39 is 0 Å². The Labute approximate surface area is 128 Å². The van der Waals surface area contributed by atoms with Crippen LogP contribution in [0.1, 0.15) is 11.1 Å². The third kappa shape index (κ3) is 2.30. The van der Waals surface area contributed by atoms with Crippen molar-refractivity contribution in [3.63, 3.8) is 0 Å². The van der Waals surface area contributed by atoms with Crippen molar-refractivity contribution >= 4 is 11.6 Å². The van der Waals surface area contributed by atoms with Crippen LogP contribution in [0.2, 0.25) is 0 Å². The van der Waals surface area contributed by atoms with Crippen molar-refractivity contribution in [2.45, 2.75) is 13.0 Å². The van der Waals surface area contributed by atoms with Crippen molar-refractivity contribution in [2.75, 3.05) is 17.2 Å². The molecule has 5 heteroatoms. The van der Waals surface area contributed by atoms with E-state index in [1.165, 1.54) is 11.1 Å².